The smallest absolute Gasteiger partial charge is 0.263 e. The second-order valence-electron chi connectivity index (χ2n) is 6.88. The van der Waals surface area contributed by atoms with Crippen LogP contribution >= 0.6 is 11.6 Å². The summed E-state index contributed by atoms with van der Waals surface area (Å²) in [5, 5.41) is 0.498. The van der Waals surface area contributed by atoms with Crippen LogP contribution in [-0.4, -0.2) is 78.4 Å². The van der Waals surface area contributed by atoms with Crippen LogP contribution in [0, 0.1) is 0 Å². The first-order valence-electron chi connectivity index (χ1n) is 9.24. The van der Waals surface area contributed by atoms with Crippen LogP contribution in [0.4, 0.5) is 0 Å². The van der Waals surface area contributed by atoms with Gasteiger partial charge in [0, 0.05) is 39.3 Å². The Bertz CT molecular complexity index is 641. The highest BCUT2D eigenvalue weighted by Crippen LogP contribution is 2.24. The highest BCUT2D eigenvalue weighted by molar-refractivity contribution is 6.32. The molecular formula is C19H26ClN3O3. The average molecular weight is 380 g/mol. The minimum absolute atomic E-state index is 0.0459. The molecule has 26 heavy (non-hydrogen) atoms. The van der Waals surface area contributed by atoms with Crippen molar-refractivity contribution in [1.29, 1.82) is 0 Å². The number of hydrogen-bond donors (Lipinski definition) is 0. The first-order valence-corrected chi connectivity index (χ1v) is 9.62. The summed E-state index contributed by atoms with van der Waals surface area (Å²) in [5.74, 6) is 0.679. The fraction of sp³-hybridized carbons (Fsp3) is 0.579. The van der Waals surface area contributed by atoms with E-state index in [4.69, 9.17) is 16.3 Å². The number of carbonyl (C=O) groups excluding carboxylic acids is 2. The van der Waals surface area contributed by atoms with Crippen LogP contribution in [0.2, 0.25) is 5.02 Å². The average Bonchev–Trinajstić information content (AvgIpc) is 3.18. The van der Waals surface area contributed by atoms with E-state index in [0.29, 0.717) is 43.5 Å². The predicted molar refractivity (Wildman–Crippen MR) is 100 cm³/mol. The van der Waals surface area contributed by atoms with Gasteiger partial charge in [-0.15, -0.1) is 0 Å². The quantitative estimate of drug-likeness (QED) is 0.783. The number of nitrogens with zero attached hydrogens (tertiary/aromatic N) is 3. The van der Waals surface area contributed by atoms with Crippen LogP contribution in [0.1, 0.15) is 19.8 Å². The van der Waals surface area contributed by atoms with Gasteiger partial charge in [0.25, 0.3) is 5.91 Å². The summed E-state index contributed by atoms with van der Waals surface area (Å²) in [6.45, 7) is 6.62. The molecular weight excluding hydrogens is 354 g/mol. The van der Waals surface area contributed by atoms with Crippen LogP contribution in [0.25, 0.3) is 0 Å². The van der Waals surface area contributed by atoms with E-state index >= 15 is 0 Å². The number of benzene rings is 1. The van der Waals surface area contributed by atoms with E-state index in [1.807, 2.05) is 17.0 Å². The van der Waals surface area contributed by atoms with E-state index in [9.17, 15) is 9.59 Å². The Morgan fingerprint density at radius 3 is 2.35 bits per heavy atom. The molecule has 2 fully saturated rings. The van der Waals surface area contributed by atoms with E-state index in [1.54, 1.807) is 24.0 Å². The Balaban J connectivity index is 1.45. The highest BCUT2D eigenvalue weighted by Gasteiger charge is 2.28. The molecule has 0 saturated carbocycles. The fourth-order valence-corrected chi connectivity index (χ4v) is 3.60. The number of ether oxygens (including phenoxy) is 1. The molecule has 2 saturated heterocycles. The van der Waals surface area contributed by atoms with E-state index in [1.165, 1.54) is 0 Å². The van der Waals surface area contributed by atoms with E-state index < -0.39 is 6.10 Å². The molecule has 0 unspecified atom stereocenters. The van der Waals surface area contributed by atoms with Gasteiger partial charge in [-0.05, 0) is 31.9 Å². The van der Waals surface area contributed by atoms with Crippen LogP contribution in [0.3, 0.4) is 0 Å². The molecule has 6 nitrogen and oxygen atoms in total. The molecule has 1 atom stereocenters. The molecule has 3 rings (SSSR count). The zero-order valence-corrected chi connectivity index (χ0v) is 16.0. The Kier molecular flexibility index (Phi) is 6.38. The van der Waals surface area contributed by atoms with Gasteiger partial charge in [-0.25, -0.2) is 0 Å². The third-order valence-electron chi connectivity index (χ3n) is 4.99. The molecule has 7 heteroatoms. The highest BCUT2D eigenvalue weighted by atomic mass is 35.5. The van der Waals surface area contributed by atoms with Crippen molar-refractivity contribution < 1.29 is 14.3 Å². The predicted octanol–water partition coefficient (Wildman–Crippen LogP) is 1.87. The minimum Gasteiger partial charge on any atom is -0.479 e. The molecule has 0 bridgehead atoms. The van der Waals surface area contributed by atoms with E-state index in [0.717, 1.165) is 25.9 Å². The van der Waals surface area contributed by atoms with Crippen molar-refractivity contribution in [2.75, 3.05) is 45.8 Å². The van der Waals surface area contributed by atoms with Crippen LogP contribution < -0.4 is 4.74 Å². The zero-order chi connectivity index (χ0) is 18.5. The molecule has 2 aliphatic rings. The summed E-state index contributed by atoms with van der Waals surface area (Å²) in [6.07, 6.45) is 1.63. The number of likely N-dealkylation sites (tertiary alicyclic amines) is 1. The fourth-order valence-electron chi connectivity index (χ4n) is 3.42. The third-order valence-corrected chi connectivity index (χ3v) is 5.30. The third kappa shape index (κ3) is 4.68. The summed E-state index contributed by atoms with van der Waals surface area (Å²) < 4.78 is 5.72. The maximum Gasteiger partial charge on any atom is 0.263 e. The van der Waals surface area contributed by atoms with E-state index in [-0.39, 0.29) is 11.8 Å². The van der Waals surface area contributed by atoms with Gasteiger partial charge in [-0.3, -0.25) is 14.5 Å². The largest absolute Gasteiger partial charge is 0.479 e. The van der Waals surface area contributed by atoms with Gasteiger partial charge in [0.2, 0.25) is 5.91 Å². The number of rotatable bonds is 5. The lowest BCUT2D eigenvalue weighted by molar-refractivity contribution is -0.140. The van der Waals surface area contributed by atoms with Crippen molar-refractivity contribution in [3.63, 3.8) is 0 Å². The molecule has 0 aromatic heterocycles. The maximum atomic E-state index is 12.6. The van der Waals surface area contributed by atoms with Crippen LogP contribution in [0.15, 0.2) is 24.3 Å². The first kappa shape index (κ1) is 19.0. The van der Waals surface area contributed by atoms with Gasteiger partial charge in [0.05, 0.1) is 11.6 Å². The van der Waals surface area contributed by atoms with Crippen molar-refractivity contribution >= 4 is 23.4 Å². The summed E-state index contributed by atoms with van der Waals surface area (Å²) in [5.41, 5.74) is 0. The van der Waals surface area contributed by atoms with Crippen molar-refractivity contribution in [3.05, 3.63) is 29.3 Å². The lowest BCUT2D eigenvalue weighted by Gasteiger charge is -2.36. The van der Waals surface area contributed by atoms with Gasteiger partial charge in [0.15, 0.2) is 6.10 Å². The molecule has 0 N–H and O–H groups in total. The van der Waals surface area contributed by atoms with Crippen LogP contribution in [0.5, 0.6) is 5.75 Å². The molecule has 0 radical (unpaired) electrons. The summed E-state index contributed by atoms with van der Waals surface area (Å²) in [4.78, 5) is 30.7. The molecule has 2 heterocycles. The molecule has 1 aromatic carbocycles. The maximum absolute atomic E-state index is 12.6. The van der Waals surface area contributed by atoms with Crippen molar-refractivity contribution in [2.45, 2.75) is 25.9 Å². The number of piperazine rings is 1. The summed E-state index contributed by atoms with van der Waals surface area (Å²) >= 11 is 6.09. The summed E-state index contributed by atoms with van der Waals surface area (Å²) in [6, 6.07) is 7.15. The second-order valence-corrected chi connectivity index (χ2v) is 7.29. The Labute approximate surface area is 159 Å². The normalized spacial score (nSPS) is 19.5. The van der Waals surface area contributed by atoms with Crippen molar-refractivity contribution in [2.24, 2.45) is 0 Å². The Hall–Kier alpha value is -1.79. The number of amides is 2. The van der Waals surface area contributed by atoms with Gasteiger partial charge in [-0.2, -0.15) is 0 Å². The van der Waals surface area contributed by atoms with Crippen molar-refractivity contribution in [1.82, 2.24) is 14.7 Å². The number of halogens is 1. The molecule has 1 aromatic rings. The molecule has 2 amide bonds. The minimum atomic E-state index is -0.590. The lowest BCUT2D eigenvalue weighted by Crippen LogP contribution is -2.53. The SMILES string of the molecule is C[C@H](Oc1ccccc1Cl)C(=O)N1CCN(CC(=O)N2CCCC2)CC1. The van der Waals surface area contributed by atoms with Gasteiger partial charge in [0.1, 0.15) is 5.75 Å². The molecule has 2 aliphatic heterocycles. The van der Waals surface area contributed by atoms with Crippen molar-refractivity contribution in [3.8, 4) is 5.75 Å². The number of para-hydroxylation sites is 1. The first-order chi connectivity index (χ1) is 12.5. The Morgan fingerprint density at radius 2 is 1.69 bits per heavy atom. The van der Waals surface area contributed by atoms with Gasteiger partial charge in [-0.1, -0.05) is 23.7 Å². The second kappa shape index (κ2) is 8.73. The van der Waals surface area contributed by atoms with Crippen LogP contribution in [-0.2, 0) is 9.59 Å². The number of carbonyl (C=O) groups is 2. The standard InChI is InChI=1S/C19H26ClN3O3/c1-15(26-17-7-3-2-6-16(17)20)19(25)23-12-10-21(11-13-23)14-18(24)22-8-4-5-9-22/h2-3,6-7,15H,4-5,8-14H2,1H3/t15-/m0/s1. The zero-order valence-electron chi connectivity index (χ0n) is 15.2. The molecule has 142 valence electrons. The van der Waals surface area contributed by atoms with E-state index in [2.05, 4.69) is 4.90 Å². The molecule has 0 spiro atoms. The molecule has 0 aliphatic carbocycles. The summed E-state index contributed by atoms with van der Waals surface area (Å²) in [7, 11) is 0. The lowest BCUT2D eigenvalue weighted by atomic mass is 10.2. The Morgan fingerprint density at radius 1 is 1.04 bits per heavy atom. The van der Waals surface area contributed by atoms with Gasteiger partial charge >= 0.3 is 0 Å². The monoisotopic (exact) mass is 379 g/mol. The topological polar surface area (TPSA) is 53.1 Å². The number of hydrogen-bond acceptors (Lipinski definition) is 4. The van der Waals surface area contributed by atoms with Gasteiger partial charge < -0.3 is 14.5 Å².